The fourth-order valence-corrected chi connectivity index (χ4v) is 5.80. The summed E-state index contributed by atoms with van der Waals surface area (Å²) in [5, 5.41) is 6.75. The predicted octanol–water partition coefficient (Wildman–Crippen LogP) is 4.36. The first-order valence-corrected chi connectivity index (χ1v) is 12.7. The Hall–Kier alpha value is -2.77. The van der Waals surface area contributed by atoms with Crippen molar-refractivity contribution >= 4 is 11.4 Å². The first-order valence-electron chi connectivity index (χ1n) is 12.7. The van der Waals surface area contributed by atoms with Crippen LogP contribution in [0.5, 0.6) is 11.5 Å². The van der Waals surface area contributed by atoms with Crippen molar-refractivity contribution in [3.05, 3.63) is 59.4 Å². The molecule has 0 amide bonds. The number of hydrogen-bond donors (Lipinski definition) is 2. The number of fused-ring (bicyclic) bond motifs is 1. The summed E-state index contributed by atoms with van der Waals surface area (Å²) < 4.78 is 25.9. The Labute approximate surface area is 208 Å². The lowest BCUT2D eigenvalue weighted by Gasteiger charge is -2.33. The molecule has 7 heteroatoms. The molecule has 0 aliphatic carbocycles. The summed E-state index contributed by atoms with van der Waals surface area (Å²) in [4.78, 5) is 4.90. The minimum Gasteiger partial charge on any atom is -0.494 e. The predicted molar refractivity (Wildman–Crippen MR) is 139 cm³/mol. The van der Waals surface area contributed by atoms with Crippen molar-refractivity contribution in [2.75, 3.05) is 65.9 Å². The maximum atomic E-state index is 14.8. The van der Waals surface area contributed by atoms with Gasteiger partial charge in [0.1, 0.15) is 5.75 Å². The highest BCUT2D eigenvalue weighted by atomic mass is 19.1. The van der Waals surface area contributed by atoms with Crippen molar-refractivity contribution in [1.29, 1.82) is 0 Å². The zero-order chi connectivity index (χ0) is 24.4. The fraction of sp³-hybridized carbons (Fsp3) is 0.500. The van der Waals surface area contributed by atoms with E-state index in [1.165, 1.54) is 20.0 Å². The molecule has 3 aliphatic heterocycles. The highest BCUT2D eigenvalue weighted by Gasteiger charge is 2.43. The molecular weight excluding hydrogens is 443 g/mol. The van der Waals surface area contributed by atoms with Gasteiger partial charge in [-0.3, -0.25) is 0 Å². The summed E-state index contributed by atoms with van der Waals surface area (Å²) in [6.07, 6.45) is 5.64. The van der Waals surface area contributed by atoms with Crippen LogP contribution in [-0.2, 0) is 0 Å². The lowest BCUT2D eigenvalue weighted by molar-refractivity contribution is 0.289. The van der Waals surface area contributed by atoms with Crippen molar-refractivity contribution in [3.63, 3.8) is 0 Å². The van der Waals surface area contributed by atoms with Gasteiger partial charge in [-0.1, -0.05) is 12.1 Å². The summed E-state index contributed by atoms with van der Waals surface area (Å²) >= 11 is 0. The van der Waals surface area contributed by atoms with Crippen molar-refractivity contribution < 1.29 is 13.9 Å². The molecule has 1 spiro atoms. The molecule has 5 rings (SSSR count). The summed E-state index contributed by atoms with van der Waals surface area (Å²) in [6, 6.07) is 11.7. The van der Waals surface area contributed by atoms with E-state index >= 15 is 0 Å². The third kappa shape index (κ3) is 4.98. The van der Waals surface area contributed by atoms with Crippen molar-refractivity contribution in [2.24, 2.45) is 5.41 Å². The Balaban J connectivity index is 1.41. The molecule has 6 nitrogen and oxygen atoms in total. The molecule has 2 unspecified atom stereocenters. The van der Waals surface area contributed by atoms with E-state index < -0.39 is 0 Å². The molecule has 2 fully saturated rings. The van der Waals surface area contributed by atoms with E-state index in [-0.39, 0.29) is 17.6 Å². The molecule has 2 aromatic rings. The minimum atomic E-state index is -0.327. The standard InChI is InChI=1S/C28H37FN4O2/c1-30-11-4-14-35-21-7-5-20(6-8-21)24-16-26(22-15-23(29)27(34-3)17-25(22)31-24)33-13-10-28(19-33)9-12-32(2)18-28/h5-8,15-17,24,30-31H,4,9-14,18-19H2,1-3H3. The number of hydrogen-bond acceptors (Lipinski definition) is 6. The third-order valence-electron chi connectivity index (χ3n) is 7.69. The van der Waals surface area contributed by atoms with Crippen LogP contribution in [0, 0.1) is 11.2 Å². The van der Waals surface area contributed by atoms with E-state index in [4.69, 9.17) is 9.47 Å². The third-order valence-corrected chi connectivity index (χ3v) is 7.69. The van der Waals surface area contributed by atoms with E-state index in [1.807, 2.05) is 19.2 Å². The van der Waals surface area contributed by atoms with Gasteiger partial charge in [0.2, 0.25) is 0 Å². The van der Waals surface area contributed by atoms with E-state index in [9.17, 15) is 4.39 Å². The van der Waals surface area contributed by atoms with Gasteiger partial charge in [0, 0.05) is 48.1 Å². The van der Waals surface area contributed by atoms with Gasteiger partial charge < -0.3 is 29.9 Å². The number of nitrogens with zero attached hydrogens (tertiary/aromatic N) is 2. The van der Waals surface area contributed by atoms with Crippen LogP contribution in [-0.4, -0.2) is 70.3 Å². The molecule has 2 N–H and O–H groups in total. The summed E-state index contributed by atoms with van der Waals surface area (Å²) in [5.74, 6) is 0.810. The second kappa shape index (κ2) is 10.1. The topological polar surface area (TPSA) is 49.0 Å². The Kier molecular flexibility index (Phi) is 6.89. The number of anilines is 1. The van der Waals surface area contributed by atoms with Gasteiger partial charge in [-0.25, -0.2) is 4.39 Å². The van der Waals surface area contributed by atoms with Crippen molar-refractivity contribution in [3.8, 4) is 11.5 Å². The fourth-order valence-electron chi connectivity index (χ4n) is 5.80. The second-order valence-electron chi connectivity index (χ2n) is 10.2. The number of methoxy groups -OCH3 is 1. The second-order valence-corrected chi connectivity index (χ2v) is 10.2. The molecule has 2 atom stereocenters. The van der Waals surface area contributed by atoms with Crippen LogP contribution in [0.15, 0.2) is 42.5 Å². The highest BCUT2D eigenvalue weighted by molar-refractivity contribution is 5.81. The van der Waals surface area contributed by atoms with Crippen molar-refractivity contribution in [1.82, 2.24) is 15.1 Å². The summed E-state index contributed by atoms with van der Waals surface area (Å²) in [7, 11) is 5.67. The van der Waals surface area contributed by atoms with Crippen LogP contribution < -0.4 is 20.1 Å². The van der Waals surface area contributed by atoms with E-state index in [0.717, 1.165) is 67.4 Å². The maximum Gasteiger partial charge on any atom is 0.165 e. The number of halogens is 1. The average molecular weight is 481 g/mol. The Morgan fingerprint density at radius 3 is 2.66 bits per heavy atom. The molecular formula is C28H37FN4O2. The molecule has 0 radical (unpaired) electrons. The lowest BCUT2D eigenvalue weighted by atomic mass is 9.86. The lowest BCUT2D eigenvalue weighted by Crippen LogP contribution is -2.30. The van der Waals surface area contributed by atoms with E-state index in [2.05, 4.69) is 45.7 Å². The quantitative estimate of drug-likeness (QED) is 0.548. The maximum absolute atomic E-state index is 14.8. The number of likely N-dealkylation sites (tertiary alicyclic amines) is 2. The zero-order valence-electron chi connectivity index (χ0n) is 21.1. The van der Waals surface area contributed by atoms with Gasteiger partial charge in [0.25, 0.3) is 0 Å². The van der Waals surface area contributed by atoms with Gasteiger partial charge in [-0.05, 0) is 76.3 Å². The van der Waals surface area contributed by atoms with Crippen LogP contribution in [0.4, 0.5) is 10.1 Å². The summed E-state index contributed by atoms with van der Waals surface area (Å²) in [6.45, 7) is 5.94. The van der Waals surface area contributed by atoms with Gasteiger partial charge in [-0.15, -0.1) is 0 Å². The van der Waals surface area contributed by atoms with Gasteiger partial charge in [0.15, 0.2) is 11.6 Å². The smallest absolute Gasteiger partial charge is 0.165 e. The minimum absolute atomic E-state index is 0.0196. The van der Waals surface area contributed by atoms with Gasteiger partial charge >= 0.3 is 0 Å². The number of benzene rings is 2. The van der Waals surface area contributed by atoms with Crippen LogP contribution in [0.25, 0.3) is 5.70 Å². The number of ether oxygens (including phenoxy) is 2. The van der Waals surface area contributed by atoms with Crippen LogP contribution in [0.2, 0.25) is 0 Å². The molecule has 3 heterocycles. The molecule has 2 aromatic carbocycles. The molecule has 0 saturated carbocycles. The molecule has 3 aliphatic rings. The number of nitrogens with one attached hydrogen (secondary N) is 2. The molecule has 188 valence electrons. The largest absolute Gasteiger partial charge is 0.494 e. The Morgan fingerprint density at radius 2 is 1.94 bits per heavy atom. The Bertz CT molecular complexity index is 1070. The molecule has 0 bridgehead atoms. The van der Waals surface area contributed by atoms with Crippen molar-refractivity contribution in [2.45, 2.75) is 25.3 Å². The van der Waals surface area contributed by atoms with Crippen LogP contribution in [0.1, 0.15) is 36.4 Å². The Morgan fingerprint density at radius 1 is 1.14 bits per heavy atom. The number of rotatable bonds is 8. The first-order chi connectivity index (χ1) is 17.0. The SMILES string of the molecule is CNCCCOc1ccc(C2C=C(N3CCC4(CCN(C)C4)C3)c3cc(F)c(OC)cc3N2)cc1. The monoisotopic (exact) mass is 480 g/mol. The molecule has 0 aromatic heterocycles. The highest BCUT2D eigenvalue weighted by Crippen LogP contribution is 2.46. The zero-order valence-corrected chi connectivity index (χ0v) is 21.1. The van der Waals surface area contributed by atoms with E-state index in [1.54, 1.807) is 12.1 Å². The molecule has 2 saturated heterocycles. The molecule has 35 heavy (non-hydrogen) atoms. The normalized spacial score (nSPS) is 23.8. The van der Waals surface area contributed by atoms with Gasteiger partial charge in [0.05, 0.1) is 19.8 Å². The van der Waals surface area contributed by atoms with Crippen LogP contribution >= 0.6 is 0 Å². The van der Waals surface area contributed by atoms with E-state index in [0.29, 0.717) is 12.0 Å². The van der Waals surface area contributed by atoms with Crippen LogP contribution in [0.3, 0.4) is 0 Å². The average Bonchev–Trinajstić information content (AvgIpc) is 3.46. The summed E-state index contributed by atoms with van der Waals surface area (Å²) in [5.41, 5.74) is 4.42. The first kappa shape index (κ1) is 23.9. The van der Waals surface area contributed by atoms with Gasteiger partial charge in [-0.2, -0.15) is 0 Å².